The Hall–Kier alpha value is -0.173. The summed E-state index contributed by atoms with van der Waals surface area (Å²) in [6.07, 6.45) is 0.939. The third-order valence-electron chi connectivity index (χ3n) is 3.01. The SMILES string of the molecule is CC(C)(C)[Si](C)(C)OCCCNC(=S)NN. The largest absolute Gasteiger partial charge is 0.417 e. The highest BCUT2D eigenvalue weighted by molar-refractivity contribution is 7.80. The molecule has 0 aromatic carbocycles. The minimum atomic E-state index is -1.59. The Morgan fingerprint density at radius 2 is 1.94 bits per heavy atom. The summed E-state index contributed by atoms with van der Waals surface area (Å²) in [6.45, 7) is 12.8. The molecule has 4 N–H and O–H groups in total. The van der Waals surface area contributed by atoms with Gasteiger partial charge >= 0.3 is 0 Å². The second kappa shape index (κ2) is 6.54. The van der Waals surface area contributed by atoms with E-state index in [0.29, 0.717) is 5.11 Å². The van der Waals surface area contributed by atoms with Gasteiger partial charge in [-0.15, -0.1) is 0 Å². The van der Waals surface area contributed by atoms with E-state index in [4.69, 9.17) is 22.5 Å². The Bertz CT molecular complexity index is 229. The summed E-state index contributed by atoms with van der Waals surface area (Å²) >= 11 is 4.86. The molecule has 96 valence electrons. The van der Waals surface area contributed by atoms with Crippen LogP contribution in [0.5, 0.6) is 0 Å². The first-order valence-electron chi connectivity index (χ1n) is 5.59. The van der Waals surface area contributed by atoms with Gasteiger partial charge in [0.1, 0.15) is 0 Å². The van der Waals surface area contributed by atoms with Gasteiger partial charge in [-0.3, -0.25) is 0 Å². The van der Waals surface area contributed by atoms with Crippen LogP contribution >= 0.6 is 12.2 Å². The average molecular weight is 263 g/mol. The highest BCUT2D eigenvalue weighted by Gasteiger charge is 2.36. The van der Waals surface area contributed by atoms with Crippen molar-refractivity contribution >= 4 is 25.6 Å². The van der Waals surface area contributed by atoms with Crippen molar-refractivity contribution in [1.29, 1.82) is 0 Å². The molecule has 0 aliphatic rings. The van der Waals surface area contributed by atoms with E-state index in [9.17, 15) is 0 Å². The minimum absolute atomic E-state index is 0.272. The fourth-order valence-electron chi connectivity index (χ4n) is 0.869. The van der Waals surface area contributed by atoms with E-state index in [1.807, 2.05) is 0 Å². The fraction of sp³-hybridized carbons (Fsp3) is 0.900. The third kappa shape index (κ3) is 5.79. The summed E-state index contributed by atoms with van der Waals surface area (Å²) < 4.78 is 6.01. The smallest absolute Gasteiger partial charge is 0.191 e. The molecule has 0 aromatic heterocycles. The standard InChI is InChI=1S/C10H25N3OSSi/c1-10(2,3)16(4,5)14-8-6-7-12-9(15)13-11/h6-8,11H2,1-5H3,(H2,12,13,15). The first kappa shape index (κ1) is 15.8. The number of rotatable bonds is 5. The molecule has 0 unspecified atom stereocenters. The van der Waals surface area contributed by atoms with Crippen LogP contribution in [-0.2, 0) is 4.43 Å². The fourth-order valence-corrected chi connectivity index (χ4v) is 2.06. The van der Waals surface area contributed by atoms with Crippen LogP contribution < -0.4 is 16.6 Å². The molecule has 6 heteroatoms. The number of thiocarbonyl (C=S) groups is 1. The van der Waals surface area contributed by atoms with Gasteiger partial charge in [-0.1, -0.05) is 20.8 Å². The van der Waals surface area contributed by atoms with E-state index in [0.717, 1.165) is 19.6 Å². The number of hydrogen-bond acceptors (Lipinski definition) is 3. The summed E-state index contributed by atoms with van der Waals surface area (Å²) in [6, 6.07) is 0. The molecule has 0 saturated carbocycles. The molecule has 0 amide bonds. The molecule has 0 bridgehead atoms. The van der Waals surface area contributed by atoms with Gasteiger partial charge in [-0.2, -0.15) is 0 Å². The van der Waals surface area contributed by atoms with Crippen molar-refractivity contribution in [2.24, 2.45) is 5.84 Å². The van der Waals surface area contributed by atoms with E-state index < -0.39 is 8.32 Å². The van der Waals surface area contributed by atoms with E-state index in [1.165, 1.54) is 0 Å². The first-order valence-corrected chi connectivity index (χ1v) is 8.91. The molecule has 16 heavy (non-hydrogen) atoms. The van der Waals surface area contributed by atoms with E-state index >= 15 is 0 Å². The molecule has 0 fully saturated rings. The summed E-state index contributed by atoms with van der Waals surface area (Å²) in [5.41, 5.74) is 2.38. The van der Waals surface area contributed by atoms with E-state index in [-0.39, 0.29) is 5.04 Å². The van der Waals surface area contributed by atoms with Crippen LogP contribution in [0, 0.1) is 0 Å². The molecule has 0 aliphatic heterocycles. The average Bonchev–Trinajstić information content (AvgIpc) is 2.15. The summed E-state index contributed by atoms with van der Waals surface area (Å²) in [5, 5.41) is 3.74. The zero-order valence-corrected chi connectivity index (χ0v) is 12.8. The Kier molecular flexibility index (Phi) is 6.46. The van der Waals surface area contributed by atoms with Crippen molar-refractivity contribution in [2.45, 2.75) is 45.3 Å². The zero-order chi connectivity index (χ0) is 12.8. The molecule has 0 spiro atoms. The van der Waals surface area contributed by atoms with Gasteiger partial charge < -0.3 is 15.2 Å². The van der Waals surface area contributed by atoms with Gasteiger partial charge in [0.15, 0.2) is 13.4 Å². The van der Waals surface area contributed by atoms with Crippen LogP contribution in [0.4, 0.5) is 0 Å². The summed E-state index contributed by atoms with van der Waals surface area (Å²) in [5.74, 6) is 5.14. The van der Waals surface area contributed by atoms with Crippen molar-refractivity contribution in [3.05, 3.63) is 0 Å². The highest BCUT2D eigenvalue weighted by Crippen LogP contribution is 2.36. The van der Waals surface area contributed by atoms with Crippen molar-refractivity contribution in [3.8, 4) is 0 Å². The lowest BCUT2D eigenvalue weighted by molar-refractivity contribution is 0.283. The number of nitrogens with one attached hydrogen (secondary N) is 2. The van der Waals surface area contributed by atoms with Crippen molar-refractivity contribution in [2.75, 3.05) is 13.2 Å². The van der Waals surface area contributed by atoms with E-state index in [1.54, 1.807) is 0 Å². The number of hydrogen-bond donors (Lipinski definition) is 3. The normalized spacial score (nSPS) is 12.4. The van der Waals surface area contributed by atoms with E-state index in [2.05, 4.69) is 44.6 Å². The maximum absolute atomic E-state index is 6.01. The lowest BCUT2D eigenvalue weighted by Crippen LogP contribution is -2.42. The van der Waals surface area contributed by atoms with Crippen molar-refractivity contribution in [3.63, 3.8) is 0 Å². The van der Waals surface area contributed by atoms with Gasteiger partial charge in [0.25, 0.3) is 0 Å². The molecule has 0 rings (SSSR count). The van der Waals surface area contributed by atoms with Crippen LogP contribution in [0.3, 0.4) is 0 Å². The van der Waals surface area contributed by atoms with Gasteiger partial charge in [-0.05, 0) is 36.8 Å². The maximum atomic E-state index is 6.01. The minimum Gasteiger partial charge on any atom is -0.417 e. The number of hydrazine groups is 1. The Balaban J connectivity index is 3.71. The molecule has 4 nitrogen and oxygen atoms in total. The Labute approximate surface area is 105 Å². The Morgan fingerprint density at radius 1 is 1.38 bits per heavy atom. The molecule has 0 saturated heterocycles. The molecular formula is C10H25N3OSSi. The van der Waals surface area contributed by atoms with Crippen molar-refractivity contribution in [1.82, 2.24) is 10.7 Å². The Morgan fingerprint density at radius 3 is 2.38 bits per heavy atom. The zero-order valence-electron chi connectivity index (χ0n) is 11.0. The summed E-state index contributed by atoms with van der Waals surface area (Å²) in [4.78, 5) is 0. The molecule has 0 atom stereocenters. The summed E-state index contributed by atoms with van der Waals surface area (Å²) in [7, 11) is -1.59. The van der Waals surface area contributed by atoms with Gasteiger partial charge in [0.05, 0.1) is 0 Å². The quantitative estimate of drug-likeness (QED) is 0.232. The van der Waals surface area contributed by atoms with Crippen LogP contribution in [0.2, 0.25) is 18.1 Å². The highest BCUT2D eigenvalue weighted by atomic mass is 32.1. The maximum Gasteiger partial charge on any atom is 0.191 e. The van der Waals surface area contributed by atoms with Crippen LogP contribution in [0.25, 0.3) is 0 Å². The number of nitrogens with two attached hydrogens (primary N) is 1. The van der Waals surface area contributed by atoms with Gasteiger partial charge in [-0.25, -0.2) is 5.84 Å². The molecule has 0 heterocycles. The first-order chi connectivity index (χ1) is 7.20. The topological polar surface area (TPSA) is 59.3 Å². The molecular weight excluding hydrogens is 238 g/mol. The lowest BCUT2D eigenvalue weighted by atomic mass is 10.2. The van der Waals surface area contributed by atoms with Crippen LogP contribution in [0.15, 0.2) is 0 Å². The second-order valence-electron chi connectivity index (χ2n) is 5.36. The lowest BCUT2D eigenvalue weighted by Gasteiger charge is -2.36. The molecule has 0 aliphatic carbocycles. The third-order valence-corrected chi connectivity index (χ3v) is 7.81. The van der Waals surface area contributed by atoms with Gasteiger partial charge in [0, 0.05) is 13.2 Å². The predicted molar refractivity (Wildman–Crippen MR) is 75.7 cm³/mol. The second-order valence-corrected chi connectivity index (χ2v) is 10.6. The van der Waals surface area contributed by atoms with Crippen LogP contribution in [-0.4, -0.2) is 26.6 Å². The predicted octanol–water partition coefficient (Wildman–Crippen LogP) is 1.74. The monoisotopic (exact) mass is 263 g/mol. The molecule has 0 aromatic rings. The molecule has 0 radical (unpaired) electrons. The van der Waals surface area contributed by atoms with Gasteiger partial charge in [0.2, 0.25) is 0 Å². The van der Waals surface area contributed by atoms with Crippen LogP contribution in [0.1, 0.15) is 27.2 Å². The van der Waals surface area contributed by atoms with Crippen molar-refractivity contribution < 1.29 is 4.43 Å².